The highest BCUT2D eigenvalue weighted by Gasteiger charge is 2.58. The van der Waals surface area contributed by atoms with Gasteiger partial charge in [0.25, 0.3) is 0 Å². The lowest BCUT2D eigenvalue weighted by Crippen LogP contribution is -2.59. The Morgan fingerprint density at radius 1 is 0.826 bits per heavy atom. The molecule has 2 nitrogen and oxygen atoms in total. The van der Waals surface area contributed by atoms with Crippen LogP contribution in [0.25, 0.3) is 0 Å². The summed E-state index contributed by atoms with van der Waals surface area (Å²) >= 11 is 1.87. The van der Waals surface area contributed by atoms with Crippen LogP contribution in [0.5, 0.6) is 0 Å². The summed E-state index contributed by atoms with van der Waals surface area (Å²) in [6.07, 6.45) is 3.25. The van der Waals surface area contributed by atoms with Crippen LogP contribution < -0.4 is 0 Å². The highest BCUT2D eigenvalue weighted by atomic mass is 32.2. The molecule has 4 atom stereocenters. The van der Waals surface area contributed by atoms with Gasteiger partial charge in [0.2, 0.25) is 0 Å². The second-order valence-corrected chi connectivity index (χ2v) is 9.83. The van der Waals surface area contributed by atoms with Crippen LogP contribution in [0.1, 0.15) is 19.3 Å². The highest BCUT2D eigenvalue weighted by molar-refractivity contribution is 8.00. The number of benzene rings is 2. The first kappa shape index (κ1) is 15.3. The van der Waals surface area contributed by atoms with Crippen LogP contribution in [0.15, 0.2) is 70.5 Å². The average Bonchev–Trinajstić information content (AvgIpc) is 2.61. The molecule has 2 fully saturated rings. The maximum atomic E-state index is 13.0. The van der Waals surface area contributed by atoms with Crippen LogP contribution in [0.2, 0.25) is 0 Å². The summed E-state index contributed by atoms with van der Waals surface area (Å²) in [6.45, 7) is 0. The van der Waals surface area contributed by atoms with Crippen molar-refractivity contribution in [3.05, 3.63) is 60.7 Å². The fraction of sp³-hybridized carbons (Fsp3) is 0.368. The zero-order valence-electron chi connectivity index (χ0n) is 12.8. The third kappa shape index (κ3) is 2.62. The van der Waals surface area contributed by atoms with Crippen molar-refractivity contribution in [2.45, 2.75) is 39.6 Å². The quantitative estimate of drug-likeness (QED) is 0.823. The fourth-order valence-corrected chi connectivity index (χ4v) is 8.34. The molecule has 2 unspecified atom stereocenters. The van der Waals surface area contributed by atoms with Crippen LogP contribution in [0.4, 0.5) is 0 Å². The summed E-state index contributed by atoms with van der Waals surface area (Å²) in [4.78, 5) is 1.75. The van der Waals surface area contributed by atoms with Gasteiger partial charge in [0.15, 0.2) is 9.84 Å². The Morgan fingerprint density at radius 3 is 2.00 bits per heavy atom. The van der Waals surface area contributed by atoms with E-state index in [2.05, 4.69) is 24.3 Å². The first-order valence-electron chi connectivity index (χ1n) is 8.18. The molecule has 4 rings (SSSR count). The molecule has 0 amide bonds. The van der Waals surface area contributed by atoms with Crippen LogP contribution >= 0.6 is 11.8 Å². The number of sulfone groups is 1. The molecule has 0 saturated heterocycles. The lowest BCUT2D eigenvalue weighted by molar-refractivity contribution is 0.134. The molecule has 0 radical (unpaired) electrons. The molecule has 4 heteroatoms. The molecule has 2 aliphatic carbocycles. The van der Waals surface area contributed by atoms with Gasteiger partial charge in [0, 0.05) is 10.1 Å². The summed E-state index contributed by atoms with van der Waals surface area (Å²) in [5.74, 6) is 0.591. The topological polar surface area (TPSA) is 34.1 Å². The lowest BCUT2D eigenvalue weighted by Gasteiger charge is -2.55. The van der Waals surface area contributed by atoms with Crippen molar-refractivity contribution in [3.8, 4) is 0 Å². The minimum atomic E-state index is -3.20. The van der Waals surface area contributed by atoms with Gasteiger partial charge in [0.1, 0.15) is 0 Å². The van der Waals surface area contributed by atoms with Gasteiger partial charge >= 0.3 is 0 Å². The number of hydrogen-bond donors (Lipinski definition) is 0. The molecule has 0 aromatic heterocycles. The first-order valence-corrected chi connectivity index (χ1v) is 10.6. The minimum absolute atomic E-state index is 0.181. The van der Waals surface area contributed by atoms with Crippen molar-refractivity contribution in [2.75, 3.05) is 0 Å². The first-order chi connectivity index (χ1) is 11.2. The lowest BCUT2D eigenvalue weighted by atomic mass is 9.64. The number of rotatable bonds is 4. The molecule has 0 N–H and O–H groups in total. The number of thioether (sulfide) groups is 1. The van der Waals surface area contributed by atoms with Crippen molar-refractivity contribution >= 4 is 21.6 Å². The second kappa shape index (κ2) is 5.99. The van der Waals surface area contributed by atoms with Gasteiger partial charge in [-0.3, -0.25) is 0 Å². The van der Waals surface area contributed by atoms with Gasteiger partial charge in [-0.25, -0.2) is 8.42 Å². The summed E-state index contributed by atoms with van der Waals surface area (Å²) in [6, 6.07) is 19.4. The van der Waals surface area contributed by atoms with E-state index in [0.29, 0.717) is 22.0 Å². The van der Waals surface area contributed by atoms with Crippen LogP contribution in [0.3, 0.4) is 0 Å². The average molecular weight is 345 g/mol. The maximum Gasteiger partial charge on any atom is 0.181 e. The Bertz CT molecular complexity index is 760. The van der Waals surface area contributed by atoms with E-state index >= 15 is 0 Å². The zero-order valence-corrected chi connectivity index (χ0v) is 14.5. The van der Waals surface area contributed by atoms with E-state index < -0.39 is 9.84 Å². The predicted octanol–water partition coefficient (Wildman–Crippen LogP) is 4.42. The van der Waals surface area contributed by atoms with Gasteiger partial charge in [-0.2, -0.15) is 0 Å². The Kier molecular flexibility index (Phi) is 3.98. The maximum absolute atomic E-state index is 13.0. The third-order valence-corrected chi connectivity index (χ3v) is 9.07. The van der Waals surface area contributed by atoms with Crippen LogP contribution in [-0.4, -0.2) is 18.9 Å². The molecular formula is C19H20O2S2. The van der Waals surface area contributed by atoms with Gasteiger partial charge in [-0.1, -0.05) is 42.8 Å². The molecule has 2 saturated carbocycles. The van der Waals surface area contributed by atoms with Gasteiger partial charge in [-0.05, 0) is 48.9 Å². The SMILES string of the molecule is O=S(=O)(c1ccccc1)C1[C@@H]2CCC[C@H]1C2Sc1ccccc1. The Labute approximate surface area is 142 Å². The molecular weight excluding hydrogens is 324 g/mol. The largest absolute Gasteiger partial charge is 0.223 e. The molecule has 0 spiro atoms. The van der Waals surface area contributed by atoms with E-state index in [1.165, 1.54) is 11.3 Å². The standard InChI is InChI=1S/C19H20O2S2/c20-23(21,15-10-5-2-6-11-15)19-16-12-7-13-17(19)18(16)22-14-8-3-1-4-9-14/h1-6,8-11,16-19H,7,12-13H2/t16-,17+,18?,19?. The van der Waals surface area contributed by atoms with Crippen LogP contribution in [-0.2, 0) is 9.84 Å². The van der Waals surface area contributed by atoms with E-state index in [0.717, 1.165) is 12.8 Å². The molecule has 0 aliphatic heterocycles. The molecule has 2 aliphatic rings. The summed E-state index contributed by atoms with van der Waals surface area (Å²) in [5, 5.41) is 0.273. The Hall–Kier alpha value is -1.26. The summed E-state index contributed by atoms with van der Waals surface area (Å²) < 4.78 is 26.0. The van der Waals surface area contributed by atoms with Gasteiger partial charge < -0.3 is 0 Å². The normalized spacial score (nSPS) is 29.7. The van der Waals surface area contributed by atoms with E-state index in [9.17, 15) is 8.42 Å². The molecule has 0 heterocycles. The number of fused-ring (bicyclic) bond motifs is 2. The monoisotopic (exact) mass is 344 g/mol. The predicted molar refractivity (Wildman–Crippen MR) is 94.3 cm³/mol. The fourth-order valence-electron chi connectivity index (χ4n) is 4.17. The zero-order chi connectivity index (χ0) is 15.9. The van der Waals surface area contributed by atoms with E-state index in [1.54, 1.807) is 12.1 Å². The third-order valence-electron chi connectivity index (χ3n) is 5.21. The Balaban J connectivity index is 1.58. The van der Waals surface area contributed by atoms with E-state index in [4.69, 9.17) is 0 Å². The highest BCUT2D eigenvalue weighted by Crippen LogP contribution is 2.57. The summed E-state index contributed by atoms with van der Waals surface area (Å²) in [5.41, 5.74) is 0. The number of hydrogen-bond acceptors (Lipinski definition) is 3. The van der Waals surface area contributed by atoms with Crippen LogP contribution in [0, 0.1) is 11.8 Å². The van der Waals surface area contributed by atoms with E-state index in [-0.39, 0.29) is 5.25 Å². The van der Waals surface area contributed by atoms with Crippen molar-refractivity contribution in [1.82, 2.24) is 0 Å². The molecule has 2 aromatic rings. The second-order valence-electron chi connectivity index (χ2n) is 6.48. The molecule has 23 heavy (non-hydrogen) atoms. The van der Waals surface area contributed by atoms with Gasteiger partial charge in [-0.15, -0.1) is 11.8 Å². The smallest absolute Gasteiger partial charge is 0.181 e. The minimum Gasteiger partial charge on any atom is -0.223 e. The van der Waals surface area contributed by atoms with E-state index in [1.807, 2.05) is 36.0 Å². The van der Waals surface area contributed by atoms with Crippen molar-refractivity contribution in [2.24, 2.45) is 11.8 Å². The Morgan fingerprint density at radius 2 is 1.39 bits per heavy atom. The molecule has 120 valence electrons. The van der Waals surface area contributed by atoms with Crippen molar-refractivity contribution in [1.29, 1.82) is 0 Å². The van der Waals surface area contributed by atoms with Crippen molar-refractivity contribution < 1.29 is 8.42 Å². The molecule has 2 bridgehead atoms. The van der Waals surface area contributed by atoms with Gasteiger partial charge in [0.05, 0.1) is 10.1 Å². The van der Waals surface area contributed by atoms with Crippen molar-refractivity contribution in [3.63, 3.8) is 0 Å². The summed E-state index contributed by atoms with van der Waals surface area (Å²) in [7, 11) is -3.20. The molecule has 2 aromatic carbocycles.